The van der Waals surface area contributed by atoms with Crippen molar-refractivity contribution in [3.8, 4) is 0 Å². The number of carbonyl (C=O) groups is 1. The van der Waals surface area contributed by atoms with E-state index in [1.807, 2.05) is 31.3 Å². The highest BCUT2D eigenvalue weighted by molar-refractivity contribution is 5.99. The molecule has 4 heteroatoms. The van der Waals surface area contributed by atoms with E-state index in [2.05, 4.69) is 10.1 Å². The van der Waals surface area contributed by atoms with Gasteiger partial charge in [-0.05, 0) is 18.2 Å². The van der Waals surface area contributed by atoms with Gasteiger partial charge in [0.2, 0.25) is 0 Å². The van der Waals surface area contributed by atoms with Crippen molar-refractivity contribution in [1.82, 2.24) is 14.8 Å². The van der Waals surface area contributed by atoms with Crippen molar-refractivity contribution in [3.05, 3.63) is 60.0 Å². The maximum Gasteiger partial charge on any atom is 0.170 e. The molecule has 0 fully saturated rings. The molecule has 2 aromatic heterocycles. The molecule has 0 aliphatic carbocycles. The van der Waals surface area contributed by atoms with Gasteiger partial charge in [-0.3, -0.25) is 14.5 Å². The fourth-order valence-electron chi connectivity index (χ4n) is 2.20. The molecule has 1 aromatic carbocycles. The van der Waals surface area contributed by atoms with E-state index < -0.39 is 0 Å². The van der Waals surface area contributed by atoms with Gasteiger partial charge in [0.05, 0.1) is 17.6 Å². The van der Waals surface area contributed by atoms with Gasteiger partial charge in [0, 0.05) is 30.4 Å². The number of benzene rings is 1. The number of nitrogens with zero attached hydrogens (tertiary/aromatic N) is 3. The average molecular weight is 251 g/mol. The van der Waals surface area contributed by atoms with E-state index in [1.165, 1.54) is 0 Å². The second kappa shape index (κ2) is 4.65. The molecule has 3 rings (SSSR count). The minimum atomic E-state index is 0.0388. The van der Waals surface area contributed by atoms with Crippen LogP contribution < -0.4 is 0 Å². The van der Waals surface area contributed by atoms with Gasteiger partial charge < -0.3 is 0 Å². The SMILES string of the molecule is Cn1nc(CC(=O)c2cccnc2)c2ccccc21. The summed E-state index contributed by atoms with van der Waals surface area (Å²) in [4.78, 5) is 16.1. The zero-order valence-corrected chi connectivity index (χ0v) is 10.6. The quantitative estimate of drug-likeness (QED) is 0.671. The summed E-state index contributed by atoms with van der Waals surface area (Å²) in [6, 6.07) is 11.5. The van der Waals surface area contributed by atoms with E-state index in [9.17, 15) is 4.79 Å². The number of hydrogen-bond acceptors (Lipinski definition) is 3. The van der Waals surface area contributed by atoms with E-state index in [-0.39, 0.29) is 5.78 Å². The largest absolute Gasteiger partial charge is 0.294 e. The van der Waals surface area contributed by atoms with Crippen LogP contribution in [0.1, 0.15) is 16.1 Å². The second-order valence-corrected chi connectivity index (χ2v) is 4.43. The lowest BCUT2D eigenvalue weighted by Gasteiger charge is -1.98. The zero-order valence-electron chi connectivity index (χ0n) is 10.6. The molecule has 0 amide bonds. The number of carbonyl (C=O) groups excluding carboxylic acids is 1. The summed E-state index contributed by atoms with van der Waals surface area (Å²) in [6.07, 6.45) is 3.55. The van der Waals surface area contributed by atoms with Gasteiger partial charge in [-0.25, -0.2) is 0 Å². The van der Waals surface area contributed by atoms with Crippen LogP contribution in [0.5, 0.6) is 0 Å². The topological polar surface area (TPSA) is 47.8 Å². The van der Waals surface area contributed by atoms with Crippen molar-refractivity contribution in [3.63, 3.8) is 0 Å². The minimum absolute atomic E-state index is 0.0388. The lowest BCUT2D eigenvalue weighted by atomic mass is 10.1. The maximum absolute atomic E-state index is 12.2. The van der Waals surface area contributed by atoms with Gasteiger partial charge in [0.15, 0.2) is 5.78 Å². The predicted molar refractivity (Wildman–Crippen MR) is 73.0 cm³/mol. The van der Waals surface area contributed by atoms with Gasteiger partial charge in [-0.2, -0.15) is 5.10 Å². The predicted octanol–water partition coefficient (Wildman–Crippen LogP) is 2.39. The van der Waals surface area contributed by atoms with E-state index in [0.717, 1.165) is 16.6 Å². The lowest BCUT2D eigenvalue weighted by Crippen LogP contribution is -2.05. The summed E-state index contributed by atoms with van der Waals surface area (Å²) in [7, 11) is 1.89. The Morgan fingerprint density at radius 2 is 2.05 bits per heavy atom. The third-order valence-corrected chi connectivity index (χ3v) is 3.15. The van der Waals surface area contributed by atoms with Crippen molar-refractivity contribution < 1.29 is 4.79 Å². The second-order valence-electron chi connectivity index (χ2n) is 4.43. The van der Waals surface area contributed by atoms with Crippen molar-refractivity contribution in [2.75, 3.05) is 0 Å². The fraction of sp³-hybridized carbons (Fsp3) is 0.133. The van der Waals surface area contributed by atoms with Gasteiger partial charge in [0.25, 0.3) is 0 Å². The summed E-state index contributed by atoms with van der Waals surface area (Å²) in [5.41, 5.74) is 2.47. The van der Waals surface area contributed by atoms with Gasteiger partial charge in [0.1, 0.15) is 0 Å². The van der Waals surface area contributed by atoms with Crippen LogP contribution in [0.15, 0.2) is 48.8 Å². The molecule has 94 valence electrons. The summed E-state index contributed by atoms with van der Waals surface area (Å²) in [5, 5.41) is 5.46. The Balaban J connectivity index is 1.96. The first-order valence-electron chi connectivity index (χ1n) is 6.09. The number of aryl methyl sites for hydroxylation is 1. The highest BCUT2D eigenvalue weighted by Crippen LogP contribution is 2.18. The normalized spacial score (nSPS) is 10.8. The summed E-state index contributed by atoms with van der Waals surface area (Å²) < 4.78 is 1.81. The number of aromatic nitrogens is 3. The first kappa shape index (κ1) is 11.6. The molecular formula is C15H13N3O. The fourth-order valence-corrected chi connectivity index (χ4v) is 2.20. The lowest BCUT2D eigenvalue weighted by molar-refractivity contribution is 0.0992. The Kier molecular flexibility index (Phi) is 2.83. The third kappa shape index (κ3) is 2.12. The molecular weight excluding hydrogens is 238 g/mol. The molecule has 4 nitrogen and oxygen atoms in total. The molecule has 0 N–H and O–H groups in total. The molecule has 0 spiro atoms. The Labute approximate surface area is 110 Å². The van der Waals surface area contributed by atoms with Crippen LogP contribution in [0.25, 0.3) is 10.9 Å². The first-order chi connectivity index (χ1) is 9.25. The van der Waals surface area contributed by atoms with Crippen LogP contribution in [0.3, 0.4) is 0 Å². The summed E-state index contributed by atoms with van der Waals surface area (Å²) in [6.45, 7) is 0. The molecule has 0 radical (unpaired) electrons. The number of pyridine rings is 1. The van der Waals surface area contributed by atoms with Crippen LogP contribution in [0.4, 0.5) is 0 Å². The molecule has 0 bridgehead atoms. The van der Waals surface area contributed by atoms with Crippen molar-refractivity contribution in [1.29, 1.82) is 0 Å². The molecule has 2 heterocycles. The zero-order chi connectivity index (χ0) is 13.2. The van der Waals surface area contributed by atoms with Crippen LogP contribution in [-0.4, -0.2) is 20.5 Å². The van der Waals surface area contributed by atoms with Gasteiger partial charge >= 0.3 is 0 Å². The Morgan fingerprint density at radius 1 is 1.21 bits per heavy atom. The Hall–Kier alpha value is -2.49. The average Bonchev–Trinajstić information content (AvgIpc) is 2.77. The molecule has 19 heavy (non-hydrogen) atoms. The first-order valence-corrected chi connectivity index (χ1v) is 6.09. The highest BCUT2D eigenvalue weighted by atomic mass is 16.1. The van der Waals surface area contributed by atoms with E-state index >= 15 is 0 Å². The standard InChI is InChI=1S/C15H13N3O/c1-18-14-7-3-2-6-12(14)13(17-18)9-15(19)11-5-4-8-16-10-11/h2-8,10H,9H2,1H3. The van der Waals surface area contributed by atoms with E-state index in [1.54, 1.807) is 29.2 Å². The smallest absolute Gasteiger partial charge is 0.170 e. The van der Waals surface area contributed by atoms with Crippen LogP contribution in [-0.2, 0) is 13.5 Å². The van der Waals surface area contributed by atoms with E-state index in [0.29, 0.717) is 12.0 Å². The number of fused-ring (bicyclic) bond motifs is 1. The Morgan fingerprint density at radius 3 is 2.84 bits per heavy atom. The summed E-state index contributed by atoms with van der Waals surface area (Å²) >= 11 is 0. The molecule has 0 unspecified atom stereocenters. The summed E-state index contributed by atoms with van der Waals surface area (Å²) in [5.74, 6) is 0.0388. The van der Waals surface area contributed by atoms with Crippen molar-refractivity contribution >= 4 is 16.7 Å². The molecule has 0 saturated heterocycles. The van der Waals surface area contributed by atoms with E-state index in [4.69, 9.17) is 0 Å². The van der Waals surface area contributed by atoms with Crippen molar-refractivity contribution in [2.45, 2.75) is 6.42 Å². The van der Waals surface area contributed by atoms with Gasteiger partial charge in [-0.1, -0.05) is 18.2 Å². The molecule has 3 aromatic rings. The van der Waals surface area contributed by atoms with Crippen LogP contribution in [0.2, 0.25) is 0 Å². The third-order valence-electron chi connectivity index (χ3n) is 3.15. The number of ketones is 1. The number of hydrogen-bond donors (Lipinski definition) is 0. The van der Waals surface area contributed by atoms with Gasteiger partial charge in [-0.15, -0.1) is 0 Å². The molecule has 0 saturated carbocycles. The molecule has 0 atom stereocenters. The highest BCUT2D eigenvalue weighted by Gasteiger charge is 2.13. The van der Waals surface area contributed by atoms with Crippen LogP contribution in [0, 0.1) is 0 Å². The monoisotopic (exact) mass is 251 g/mol. The maximum atomic E-state index is 12.2. The molecule has 0 aliphatic rings. The Bertz CT molecular complexity index is 731. The van der Waals surface area contributed by atoms with Crippen molar-refractivity contribution in [2.24, 2.45) is 7.05 Å². The number of rotatable bonds is 3. The van der Waals surface area contributed by atoms with Crippen LogP contribution >= 0.6 is 0 Å². The minimum Gasteiger partial charge on any atom is -0.294 e. The molecule has 0 aliphatic heterocycles. The number of para-hydroxylation sites is 1. The number of Topliss-reactive ketones (excluding diaryl/α,β-unsaturated/α-hetero) is 1.